The largest absolute Gasteiger partial charge is 0.451 e. The molecule has 0 aromatic rings. The number of sulfone groups is 2. The number of rotatable bonds is 11. The molecule has 20 heavy (non-hydrogen) atoms. The van der Waals surface area contributed by atoms with Gasteiger partial charge in [-0.1, -0.05) is 6.92 Å². The van der Waals surface area contributed by atoms with Crippen molar-refractivity contribution in [2.24, 2.45) is 0 Å². The molecule has 0 amide bonds. The van der Waals surface area contributed by atoms with Gasteiger partial charge in [0.1, 0.15) is 0 Å². The van der Waals surface area contributed by atoms with Crippen molar-refractivity contribution in [2.75, 3.05) is 23.4 Å². The Morgan fingerprint density at radius 1 is 1.05 bits per heavy atom. The lowest BCUT2D eigenvalue weighted by Crippen LogP contribution is -2.18. The first-order chi connectivity index (χ1) is 9.22. The summed E-state index contributed by atoms with van der Waals surface area (Å²) in [5, 5.41) is 0. The summed E-state index contributed by atoms with van der Waals surface area (Å²) in [5.41, 5.74) is 0. The van der Waals surface area contributed by atoms with E-state index in [1.807, 2.05) is 0 Å². The summed E-state index contributed by atoms with van der Waals surface area (Å²) in [6.45, 7) is 1.70. The Morgan fingerprint density at radius 2 is 1.65 bits per heavy atom. The molecule has 0 bridgehead atoms. The first-order valence-corrected chi connectivity index (χ1v) is 9.48. The Labute approximate surface area is 118 Å². The third-order valence-electron chi connectivity index (χ3n) is 2.07. The van der Waals surface area contributed by atoms with Crippen LogP contribution in [0.15, 0.2) is 0 Å². The first kappa shape index (κ1) is 18.8. The van der Waals surface area contributed by atoms with E-state index in [9.17, 15) is 26.4 Å². The lowest BCUT2D eigenvalue weighted by atomic mass is 10.3. The molecule has 118 valence electrons. The molecule has 0 saturated carbocycles. The number of carbonyl (C=O) groups excluding carboxylic acids is 2. The summed E-state index contributed by atoms with van der Waals surface area (Å²) in [4.78, 5) is 21.1. The van der Waals surface area contributed by atoms with Crippen molar-refractivity contribution in [3.05, 3.63) is 0 Å². The average molecular weight is 330 g/mol. The van der Waals surface area contributed by atoms with Crippen molar-refractivity contribution in [3.8, 4) is 0 Å². The maximum absolute atomic E-state index is 11.3. The van der Waals surface area contributed by atoms with Crippen LogP contribution in [-0.4, -0.2) is 52.7 Å². The van der Waals surface area contributed by atoms with Crippen LogP contribution in [0.4, 0.5) is 0 Å². The summed E-state index contributed by atoms with van der Waals surface area (Å²) in [7, 11) is -6.98. The molecule has 0 aromatic carbocycles. The van der Waals surface area contributed by atoms with Crippen LogP contribution in [0.5, 0.6) is 0 Å². The van der Waals surface area contributed by atoms with Gasteiger partial charge in [0.2, 0.25) is 0 Å². The van der Waals surface area contributed by atoms with E-state index < -0.39 is 37.5 Å². The van der Waals surface area contributed by atoms with E-state index in [1.165, 1.54) is 0 Å². The van der Waals surface area contributed by atoms with Crippen molar-refractivity contribution < 1.29 is 35.9 Å². The summed E-state index contributed by atoms with van der Waals surface area (Å²) in [6.07, 6.45) is 0.175. The number of ether oxygens (including phenoxy) is 2. The molecule has 0 unspecified atom stereocenters. The van der Waals surface area contributed by atoms with Gasteiger partial charge in [0, 0.05) is 6.42 Å². The molecular formula is C10H18O8S2. The standard InChI is InChI=1S/C10H18O8S2/c1-2-5-19(13,14)9-18-10(12)4-3-6-20(15,16)8-17-7-11/h7H,2-6,8-9H2,1H3. The fourth-order valence-electron chi connectivity index (χ4n) is 1.22. The lowest BCUT2D eigenvalue weighted by molar-refractivity contribution is -0.141. The molecule has 0 N–H and O–H groups in total. The zero-order valence-corrected chi connectivity index (χ0v) is 12.7. The second-order valence-corrected chi connectivity index (χ2v) is 8.28. The van der Waals surface area contributed by atoms with Crippen molar-refractivity contribution >= 4 is 32.1 Å². The molecule has 0 atom stereocenters. The van der Waals surface area contributed by atoms with Crippen LogP contribution in [0, 0.1) is 0 Å². The van der Waals surface area contributed by atoms with Gasteiger partial charge in [0.05, 0.1) is 11.5 Å². The molecule has 0 aliphatic heterocycles. The summed E-state index contributed by atoms with van der Waals surface area (Å²) in [5.74, 6) is -2.64. The van der Waals surface area contributed by atoms with E-state index in [1.54, 1.807) is 6.92 Å². The minimum atomic E-state index is -3.57. The fourth-order valence-corrected chi connectivity index (χ4v) is 3.24. The van der Waals surface area contributed by atoms with E-state index in [0.717, 1.165) is 0 Å². The van der Waals surface area contributed by atoms with E-state index in [-0.39, 0.29) is 30.8 Å². The van der Waals surface area contributed by atoms with Gasteiger partial charge < -0.3 is 9.47 Å². The third kappa shape index (κ3) is 9.73. The predicted octanol–water partition coefficient (Wildman–Crippen LogP) is -0.363. The predicted molar refractivity (Wildman–Crippen MR) is 70.1 cm³/mol. The van der Waals surface area contributed by atoms with Crippen LogP contribution in [0.3, 0.4) is 0 Å². The monoisotopic (exact) mass is 330 g/mol. The molecule has 0 aromatic heterocycles. The van der Waals surface area contributed by atoms with Crippen LogP contribution >= 0.6 is 0 Å². The number of carbonyl (C=O) groups is 2. The maximum atomic E-state index is 11.3. The van der Waals surface area contributed by atoms with Crippen LogP contribution in [0.2, 0.25) is 0 Å². The third-order valence-corrected chi connectivity index (χ3v) is 4.98. The Morgan fingerprint density at radius 3 is 2.20 bits per heavy atom. The number of esters is 1. The maximum Gasteiger partial charge on any atom is 0.306 e. The lowest BCUT2D eigenvalue weighted by Gasteiger charge is -2.05. The molecular weight excluding hydrogens is 312 g/mol. The molecule has 0 saturated heterocycles. The molecule has 0 spiro atoms. The van der Waals surface area contributed by atoms with Crippen LogP contribution in [-0.2, 0) is 38.7 Å². The zero-order chi connectivity index (χ0) is 15.6. The Balaban J connectivity index is 3.98. The zero-order valence-electron chi connectivity index (χ0n) is 11.1. The molecule has 0 rings (SSSR count). The van der Waals surface area contributed by atoms with Crippen molar-refractivity contribution in [1.29, 1.82) is 0 Å². The smallest absolute Gasteiger partial charge is 0.306 e. The molecule has 0 heterocycles. The minimum Gasteiger partial charge on any atom is -0.451 e. The molecule has 0 aliphatic rings. The Bertz CT molecular complexity index is 505. The minimum absolute atomic E-state index is 0.0183. The topological polar surface area (TPSA) is 121 Å². The summed E-state index contributed by atoms with van der Waals surface area (Å²) < 4.78 is 53.7. The van der Waals surface area contributed by atoms with Crippen LogP contribution in [0.25, 0.3) is 0 Å². The second kappa shape index (κ2) is 8.90. The van der Waals surface area contributed by atoms with Gasteiger partial charge in [-0.25, -0.2) is 16.8 Å². The van der Waals surface area contributed by atoms with Gasteiger partial charge in [-0.3, -0.25) is 9.59 Å². The Kier molecular flexibility index (Phi) is 8.39. The fraction of sp³-hybridized carbons (Fsp3) is 0.800. The van der Waals surface area contributed by atoms with Crippen molar-refractivity contribution in [3.63, 3.8) is 0 Å². The van der Waals surface area contributed by atoms with Crippen LogP contribution in [0.1, 0.15) is 26.2 Å². The highest BCUT2D eigenvalue weighted by atomic mass is 32.2. The van der Waals surface area contributed by atoms with Crippen molar-refractivity contribution in [2.45, 2.75) is 26.2 Å². The first-order valence-electron chi connectivity index (χ1n) is 5.84. The quantitative estimate of drug-likeness (QED) is 0.372. The average Bonchev–Trinajstić information content (AvgIpc) is 2.34. The van der Waals surface area contributed by atoms with Gasteiger partial charge >= 0.3 is 5.97 Å². The molecule has 8 nitrogen and oxygen atoms in total. The van der Waals surface area contributed by atoms with Gasteiger partial charge in [-0.15, -0.1) is 0 Å². The molecule has 10 heteroatoms. The van der Waals surface area contributed by atoms with E-state index in [0.29, 0.717) is 6.42 Å². The van der Waals surface area contributed by atoms with Gasteiger partial charge in [-0.05, 0) is 12.8 Å². The van der Waals surface area contributed by atoms with Crippen LogP contribution < -0.4 is 0 Å². The molecule has 0 radical (unpaired) electrons. The van der Waals surface area contributed by atoms with E-state index in [2.05, 4.69) is 9.47 Å². The van der Waals surface area contributed by atoms with Gasteiger partial charge in [0.15, 0.2) is 31.6 Å². The normalized spacial score (nSPS) is 11.8. The highest BCUT2D eigenvalue weighted by molar-refractivity contribution is 7.91. The highest BCUT2D eigenvalue weighted by Gasteiger charge is 2.15. The molecule has 0 aliphatic carbocycles. The SMILES string of the molecule is CCCS(=O)(=O)COC(=O)CCCS(=O)(=O)COC=O. The number of hydrogen-bond donors (Lipinski definition) is 0. The highest BCUT2D eigenvalue weighted by Crippen LogP contribution is 2.02. The number of hydrogen-bond acceptors (Lipinski definition) is 8. The molecule has 0 fully saturated rings. The van der Waals surface area contributed by atoms with Gasteiger partial charge in [0.25, 0.3) is 6.47 Å². The second-order valence-electron chi connectivity index (χ2n) is 4.01. The Hall–Kier alpha value is -1.16. The van der Waals surface area contributed by atoms with Crippen molar-refractivity contribution in [1.82, 2.24) is 0 Å². The summed E-state index contributed by atoms with van der Waals surface area (Å²) >= 11 is 0. The van der Waals surface area contributed by atoms with E-state index in [4.69, 9.17) is 0 Å². The van der Waals surface area contributed by atoms with E-state index >= 15 is 0 Å². The summed E-state index contributed by atoms with van der Waals surface area (Å²) in [6, 6.07) is 0. The van der Waals surface area contributed by atoms with Gasteiger partial charge in [-0.2, -0.15) is 0 Å².